The highest BCUT2D eigenvalue weighted by molar-refractivity contribution is 5.94. The van der Waals surface area contributed by atoms with Crippen molar-refractivity contribution in [1.82, 2.24) is 16.0 Å². The van der Waals surface area contributed by atoms with E-state index >= 15 is 0 Å². The van der Waals surface area contributed by atoms with Crippen molar-refractivity contribution in [2.24, 2.45) is 23.5 Å². The van der Waals surface area contributed by atoms with Gasteiger partial charge in [0, 0.05) is 6.04 Å². The summed E-state index contributed by atoms with van der Waals surface area (Å²) < 4.78 is 0. The molecule has 0 aromatic rings. The third kappa shape index (κ3) is 10.6. The number of carboxylic acids is 2. The van der Waals surface area contributed by atoms with Crippen LogP contribution >= 0.6 is 0 Å². The van der Waals surface area contributed by atoms with Crippen LogP contribution in [-0.2, 0) is 24.0 Å². The molecule has 12 nitrogen and oxygen atoms in total. The Morgan fingerprint density at radius 2 is 1.18 bits per heavy atom. The van der Waals surface area contributed by atoms with Crippen molar-refractivity contribution in [3.63, 3.8) is 0 Å². The average molecular weight is 475 g/mol. The molecule has 0 aliphatic heterocycles. The van der Waals surface area contributed by atoms with Gasteiger partial charge in [-0.2, -0.15) is 0 Å². The van der Waals surface area contributed by atoms with E-state index in [0.717, 1.165) is 0 Å². The molecule has 3 amide bonds. The van der Waals surface area contributed by atoms with E-state index in [2.05, 4.69) is 16.0 Å². The van der Waals surface area contributed by atoms with Gasteiger partial charge < -0.3 is 37.0 Å². The highest BCUT2D eigenvalue weighted by Crippen LogP contribution is 2.10. The molecule has 8 N–H and O–H groups in total. The molecule has 0 rings (SSSR count). The van der Waals surface area contributed by atoms with E-state index in [4.69, 9.17) is 15.9 Å². The van der Waals surface area contributed by atoms with Gasteiger partial charge in [-0.1, -0.05) is 41.5 Å². The number of hydrogen-bond donors (Lipinski definition) is 7. The smallest absolute Gasteiger partial charge is 0.326 e. The predicted octanol–water partition coefficient (Wildman–Crippen LogP) is -0.954. The molecule has 0 heterocycles. The third-order valence-electron chi connectivity index (χ3n) is 4.90. The van der Waals surface area contributed by atoms with Crippen LogP contribution < -0.4 is 21.7 Å². The molecule has 0 aromatic heterocycles. The van der Waals surface area contributed by atoms with Gasteiger partial charge in [-0.05, 0) is 24.2 Å². The number of carboxylic acid groups (broad SMARTS) is 2. The Kier molecular flexibility index (Phi) is 12.6. The molecular weight excluding hydrogens is 436 g/mol. The van der Waals surface area contributed by atoms with Gasteiger partial charge in [-0.3, -0.25) is 19.2 Å². The average Bonchev–Trinajstić information content (AvgIpc) is 2.66. The second-order valence-corrected chi connectivity index (χ2v) is 9.20. The number of hydrogen-bond acceptors (Lipinski definition) is 7. The van der Waals surface area contributed by atoms with E-state index in [1.807, 2.05) is 13.8 Å². The summed E-state index contributed by atoms with van der Waals surface area (Å²) in [4.78, 5) is 60.0. The van der Waals surface area contributed by atoms with Crippen LogP contribution in [0.3, 0.4) is 0 Å². The van der Waals surface area contributed by atoms with Gasteiger partial charge in [-0.25, -0.2) is 4.79 Å². The van der Waals surface area contributed by atoms with Gasteiger partial charge in [0.2, 0.25) is 11.8 Å². The van der Waals surface area contributed by atoms with Crippen molar-refractivity contribution in [3.8, 4) is 0 Å². The number of aliphatic carboxylic acids is 2. The summed E-state index contributed by atoms with van der Waals surface area (Å²) in [6, 6.07) is -4.80. The number of nitrogens with two attached hydrogens (primary N) is 1. The predicted molar refractivity (Wildman–Crippen MR) is 119 cm³/mol. The first-order valence-corrected chi connectivity index (χ1v) is 10.9. The molecule has 190 valence electrons. The van der Waals surface area contributed by atoms with Crippen LogP contribution in [0.1, 0.15) is 54.4 Å². The lowest BCUT2D eigenvalue weighted by Crippen LogP contribution is -2.60. The summed E-state index contributed by atoms with van der Waals surface area (Å²) >= 11 is 0. The standard InChI is InChI=1S/C21H38N4O8/c1-9(2)7-12(22)17(28)20(31)25-16(11(5)6)19(30)24-15(10(3)4)18(29)23-13(21(32)33)8-14(26)27/h9-13,15-17,28H,7-8,22H2,1-6H3,(H,23,29)(H,24,30)(H,25,31)(H,26,27)(H,32,33)/t12-,13-,15-,16+,17-/m0/s1. The van der Waals surface area contributed by atoms with E-state index in [0.29, 0.717) is 6.42 Å². The maximum absolute atomic E-state index is 12.9. The van der Waals surface area contributed by atoms with Gasteiger partial charge in [0.15, 0.2) is 0 Å². The van der Waals surface area contributed by atoms with Gasteiger partial charge >= 0.3 is 11.9 Å². The fraction of sp³-hybridized carbons (Fsp3) is 0.762. The van der Waals surface area contributed by atoms with Crippen molar-refractivity contribution < 1.29 is 39.3 Å². The van der Waals surface area contributed by atoms with Crippen molar-refractivity contribution in [2.75, 3.05) is 0 Å². The molecule has 0 saturated carbocycles. The highest BCUT2D eigenvalue weighted by atomic mass is 16.4. The van der Waals surface area contributed by atoms with Crippen molar-refractivity contribution in [1.29, 1.82) is 0 Å². The molecule has 0 bridgehead atoms. The fourth-order valence-electron chi connectivity index (χ4n) is 3.06. The summed E-state index contributed by atoms with van der Waals surface area (Å²) in [5, 5.41) is 35.2. The Morgan fingerprint density at radius 3 is 1.55 bits per heavy atom. The minimum absolute atomic E-state index is 0.146. The van der Waals surface area contributed by atoms with Gasteiger partial charge in [0.05, 0.1) is 6.42 Å². The molecule has 0 spiro atoms. The Hall–Kier alpha value is -2.73. The number of aliphatic hydroxyl groups excluding tert-OH is 1. The summed E-state index contributed by atoms with van der Waals surface area (Å²) in [5.74, 6) is -6.12. The van der Waals surface area contributed by atoms with Crippen LogP contribution in [0.4, 0.5) is 0 Å². The largest absolute Gasteiger partial charge is 0.481 e. The molecule has 12 heteroatoms. The zero-order valence-corrected chi connectivity index (χ0v) is 20.0. The van der Waals surface area contributed by atoms with Crippen molar-refractivity contribution >= 4 is 29.7 Å². The monoisotopic (exact) mass is 474 g/mol. The molecule has 0 aliphatic carbocycles. The Labute approximate surface area is 193 Å². The van der Waals surface area contributed by atoms with Crippen LogP contribution in [-0.4, -0.2) is 75.3 Å². The van der Waals surface area contributed by atoms with E-state index in [-0.39, 0.29) is 5.92 Å². The number of nitrogens with one attached hydrogen (secondary N) is 3. The molecule has 0 aromatic carbocycles. The lowest BCUT2D eigenvalue weighted by molar-refractivity contribution is -0.147. The summed E-state index contributed by atoms with van der Waals surface area (Å²) in [5.41, 5.74) is 5.86. The van der Waals surface area contributed by atoms with Gasteiger partial charge in [0.1, 0.15) is 24.2 Å². The highest BCUT2D eigenvalue weighted by Gasteiger charge is 2.34. The molecule has 0 aliphatic rings. The lowest BCUT2D eigenvalue weighted by atomic mass is 9.97. The molecular formula is C21H38N4O8. The fourth-order valence-corrected chi connectivity index (χ4v) is 3.06. The lowest BCUT2D eigenvalue weighted by Gasteiger charge is -2.29. The van der Waals surface area contributed by atoms with Gasteiger partial charge in [-0.15, -0.1) is 0 Å². The van der Waals surface area contributed by atoms with Crippen molar-refractivity contribution in [3.05, 3.63) is 0 Å². The maximum atomic E-state index is 12.9. The molecule has 0 radical (unpaired) electrons. The van der Waals surface area contributed by atoms with E-state index in [9.17, 15) is 29.1 Å². The number of amides is 3. The first kappa shape index (κ1) is 30.3. The second-order valence-electron chi connectivity index (χ2n) is 9.20. The Bertz CT molecular complexity index is 710. The van der Waals surface area contributed by atoms with Gasteiger partial charge in [0.25, 0.3) is 5.91 Å². The van der Waals surface area contributed by atoms with E-state index < -0.39 is 78.2 Å². The van der Waals surface area contributed by atoms with Crippen LogP contribution in [0.15, 0.2) is 0 Å². The third-order valence-corrected chi connectivity index (χ3v) is 4.90. The minimum Gasteiger partial charge on any atom is -0.481 e. The van der Waals surface area contributed by atoms with E-state index in [1.165, 1.54) is 0 Å². The minimum atomic E-state index is -1.67. The normalized spacial score (nSPS) is 16.0. The molecule has 0 saturated heterocycles. The Morgan fingerprint density at radius 1 is 0.758 bits per heavy atom. The topological polar surface area (TPSA) is 208 Å². The van der Waals surface area contributed by atoms with Crippen LogP contribution in [0.5, 0.6) is 0 Å². The van der Waals surface area contributed by atoms with Crippen LogP contribution in [0.2, 0.25) is 0 Å². The maximum Gasteiger partial charge on any atom is 0.326 e. The zero-order valence-electron chi connectivity index (χ0n) is 20.0. The molecule has 0 unspecified atom stereocenters. The zero-order chi connectivity index (χ0) is 26.0. The number of carbonyl (C=O) groups is 5. The first-order chi connectivity index (χ1) is 15.1. The summed E-state index contributed by atoms with van der Waals surface area (Å²) in [6.45, 7) is 10.3. The number of rotatable bonds is 14. The van der Waals surface area contributed by atoms with Crippen LogP contribution in [0.25, 0.3) is 0 Å². The van der Waals surface area contributed by atoms with E-state index in [1.54, 1.807) is 27.7 Å². The number of aliphatic hydroxyl groups is 1. The first-order valence-electron chi connectivity index (χ1n) is 10.9. The molecule has 5 atom stereocenters. The summed E-state index contributed by atoms with van der Waals surface area (Å²) in [6.07, 6.45) is -1.97. The number of carbonyl (C=O) groups excluding carboxylic acids is 3. The molecule has 33 heavy (non-hydrogen) atoms. The Balaban J connectivity index is 5.41. The second kappa shape index (κ2) is 13.7. The SMILES string of the molecule is CC(C)C[C@H](N)[C@H](O)C(=O)N[C@@H](C(=O)N[C@H](C(=O)N[C@@H](CC(=O)O)C(=O)O)C(C)C)C(C)C. The van der Waals surface area contributed by atoms with Crippen molar-refractivity contribution in [2.45, 2.75) is 84.7 Å². The summed E-state index contributed by atoms with van der Waals surface area (Å²) in [7, 11) is 0. The van der Waals surface area contributed by atoms with Crippen LogP contribution in [0, 0.1) is 17.8 Å². The molecule has 0 fully saturated rings. The quantitative estimate of drug-likeness (QED) is 0.165.